The van der Waals surface area contributed by atoms with Gasteiger partial charge in [-0.2, -0.15) is 10.2 Å². The van der Waals surface area contributed by atoms with Crippen molar-refractivity contribution in [3.8, 4) is 5.82 Å². The summed E-state index contributed by atoms with van der Waals surface area (Å²) in [4.78, 5) is 8.85. The first-order valence-corrected chi connectivity index (χ1v) is 8.89. The number of hydrogen-bond donors (Lipinski definition) is 1. The Balaban J connectivity index is 1.89. The number of fused-ring (bicyclic) bond motifs is 1. The third-order valence-corrected chi connectivity index (χ3v) is 4.59. The molecule has 0 atom stereocenters. The molecule has 0 saturated carbocycles. The van der Waals surface area contributed by atoms with Crippen LogP contribution in [0.5, 0.6) is 0 Å². The van der Waals surface area contributed by atoms with E-state index in [0.29, 0.717) is 11.6 Å². The third kappa shape index (κ3) is 3.72. The molecule has 6 nitrogen and oxygen atoms in total. The quantitative estimate of drug-likeness (QED) is 0.576. The van der Waals surface area contributed by atoms with Crippen molar-refractivity contribution in [2.75, 3.05) is 6.54 Å². The summed E-state index contributed by atoms with van der Waals surface area (Å²) in [6, 6.07) is 7.89. The van der Waals surface area contributed by atoms with Gasteiger partial charge in [0.2, 0.25) is 0 Å². The number of aromatic nitrogens is 5. The van der Waals surface area contributed by atoms with Gasteiger partial charge in [-0.05, 0) is 53.9 Å². The second kappa shape index (κ2) is 7.65. The molecule has 3 aromatic heterocycles. The predicted octanol–water partition coefficient (Wildman–Crippen LogP) is 3.54. The maximum absolute atomic E-state index is 6.44. The number of hydrogen-bond acceptors (Lipinski definition) is 5. The van der Waals surface area contributed by atoms with E-state index in [0.717, 1.165) is 39.8 Å². The summed E-state index contributed by atoms with van der Waals surface area (Å²) in [5.41, 5.74) is 9.55. The number of nitrogens with zero attached hydrogens (tertiary/aromatic N) is 5. The molecule has 1 aromatic carbocycles. The molecule has 0 spiro atoms. The number of rotatable bonds is 5. The minimum Gasteiger partial charge on any atom is -0.330 e. The van der Waals surface area contributed by atoms with Gasteiger partial charge in [0.05, 0.1) is 17.9 Å². The first kappa shape index (κ1) is 17.3. The summed E-state index contributed by atoms with van der Waals surface area (Å²) >= 11 is 6.44. The molecule has 0 bridgehead atoms. The van der Waals surface area contributed by atoms with Gasteiger partial charge < -0.3 is 5.73 Å². The smallest absolute Gasteiger partial charge is 0.139 e. The Morgan fingerprint density at radius 1 is 1.11 bits per heavy atom. The lowest BCUT2D eigenvalue weighted by Crippen LogP contribution is -2.04. The van der Waals surface area contributed by atoms with Gasteiger partial charge in [-0.3, -0.25) is 4.57 Å². The molecule has 4 rings (SSSR count). The van der Waals surface area contributed by atoms with E-state index >= 15 is 0 Å². The van der Waals surface area contributed by atoms with Gasteiger partial charge in [0, 0.05) is 22.8 Å². The van der Waals surface area contributed by atoms with Gasteiger partial charge in [0.25, 0.3) is 0 Å². The third-order valence-electron chi connectivity index (χ3n) is 4.24. The van der Waals surface area contributed by atoms with Crippen molar-refractivity contribution in [2.24, 2.45) is 5.73 Å². The van der Waals surface area contributed by atoms with Crippen LogP contribution in [-0.2, 0) is 6.42 Å². The Morgan fingerprint density at radius 2 is 2.04 bits per heavy atom. The molecule has 134 valence electrons. The van der Waals surface area contributed by atoms with Gasteiger partial charge in [0.1, 0.15) is 12.1 Å². The SMILES string of the molecule is NCCc1cc2c(/C=C/c3ccnnc3)cc(-n3ccnc3)nc2cc1Cl. The fourth-order valence-corrected chi connectivity index (χ4v) is 3.15. The monoisotopic (exact) mass is 376 g/mol. The average molecular weight is 377 g/mol. The minimum atomic E-state index is 0.541. The molecule has 0 saturated heterocycles. The highest BCUT2D eigenvalue weighted by Crippen LogP contribution is 2.28. The maximum atomic E-state index is 6.44. The molecule has 3 heterocycles. The van der Waals surface area contributed by atoms with Gasteiger partial charge in [-0.1, -0.05) is 23.8 Å². The first-order chi connectivity index (χ1) is 13.2. The van der Waals surface area contributed by atoms with Crippen LogP contribution in [0.3, 0.4) is 0 Å². The topological polar surface area (TPSA) is 82.5 Å². The van der Waals surface area contributed by atoms with Crippen LogP contribution in [0.1, 0.15) is 16.7 Å². The van der Waals surface area contributed by atoms with Gasteiger partial charge >= 0.3 is 0 Å². The van der Waals surface area contributed by atoms with Crippen molar-refractivity contribution in [3.63, 3.8) is 0 Å². The fourth-order valence-electron chi connectivity index (χ4n) is 2.90. The molecule has 27 heavy (non-hydrogen) atoms. The van der Waals surface area contributed by atoms with Gasteiger partial charge in [-0.15, -0.1) is 0 Å². The van der Waals surface area contributed by atoms with Gasteiger partial charge in [0.15, 0.2) is 0 Å². The highest BCUT2D eigenvalue weighted by molar-refractivity contribution is 6.32. The van der Waals surface area contributed by atoms with E-state index in [9.17, 15) is 0 Å². The molecule has 0 radical (unpaired) electrons. The summed E-state index contributed by atoms with van der Waals surface area (Å²) < 4.78 is 1.87. The Morgan fingerprint density at radius 3 is 2.78 bits per heavy atom. The molecule has 0 unspecified atom stereocenters. The summed E-state index contributed by atoms with van der Waals surface area (Å²) in [7, 11) is 0. The van der Waals surface area contributed by atoms with E-state index in [4.69, 9.17) is 22.3 Å². The maximum Gasteiger partial charge on any atom is 0.139 e. The van der Waals surface area contributed by atoms with Crippen molar-refractivity contribution in [1.82, 2.24) is 24.7 Å². The summed E-state index contributed by atoms with van der Waals surface area (Å²) in [6.45, 7) is 0.541. The van der Waals surface area contributed by atoms with E-state index in [2.05, 4.69) is 21.2 Å². The second-order valence-electron chi connectivity index (χ2n) is 6.05. The van der Waals surface area contributed by atoms with Crippen molar-refractivity contribution in [2.45, 2.75) is 6.42 Å². The molecular weight excluding hydrogens is 360 g/mol. The van der Waals surface area contributed by atoms with E-state index in [-0.39, 0.29) is 0 Å². The van der Waals surface area contributed by atoms with E-state index < -0.39 is 0 Å². The zero-order valence-electron chi connectivity index (χ0n) is 14.5. The highest BCUT2D eigenvalue weighted by atomic mass is 35.5. The molecule has 0 fully saturated rings. The van der Waals surface area contributed by atoms with Crippen LogP contribution < -0.4 is 5.73 Å². The van der Waals surface area contributed by atoms with Crippen molar-refractivity contribution in [1.29, 1.82) is 0 Å². The molecule has 0 aliphatic carbocycles. The van der Waals surface area contributed by atoms with E-state index in [1.165, 1.54) is 0 Å². The van der Waals surface area contributed by atoms with E-state index in [1.807, 2.05) is 41.1 Å². The molecular formula is C20H17ClN6. The number of benzene rings is 1. The molecule has 0 amide bonds. The molecule has 7 heteroatoms. The first-order valence-electron chi connectivity index (χ1n) is 8.51. The zero-order chi connectivity index (χ0) is 18.6. The molecule has 0 aliphatic rings. The Kier molecular flexibility index (Phi) is 4.91. The standard InChI is InChI=1S/C20H17ClN6/c21-18-11-19-17(9-16(18)3-5-22)15(2-1-14-4-6-24-25-12-14)10-20(26-19)27-8-7-23-13-27/h1-2,4,6-13H,3,5,22H2/b2-1+. The number of pyridine rings is 1. The summed E-state index contributed by atoms with van der Waals surface area (Å²) in [5, 5.41) is 9.42. The lowest BCUT2D eigenvalue weighted by molar-refractivity contribution is 0.969. The van der Waals surface area contributed by atoms with E-state index in [1.54, 1.807) is 24.9 Å². The summed E-state index contributed by atoms with van der Waals surface area (Å²) in [5.74, 6) is 0.773. The van der Waals surface area contributed by atoms with Crippen LogP contribution in [0.15, 0.2) is 55.4 Å². The Labute approximate surface area is 161 Å². The van der Waals surface area contributed by atoms with Crippen LogP contribution >= 0.6 is 11.6 Å². The second-order valence-corrected chi connectivity index (χ2v) is 6.46. The van der Waals surface area contributed by atoms with Crippen LogP contribution in [0.25, 0.3) is 28.9 Å². The Hall–Kier alpha value is -3.09. The fraction of sp³-hybridized carbons (Fsp3) is 0.100. The lowest BCUT2D eigenvalue weighted by atomic mass is 10.0. The number of imidazole rings is 1. The highest BCUT2D eigenvalue weighted by Gasteiger charge is 2.10. The van der Waals surface area contributed by atoms with Crippen molar-refractivity contribution in [3.05, 3.63) is 77.1 Å². The average Bonchev–Trinajstić information content (AvgIpc) is 3.22. The van der Waals surface area contributed by atoms with Crippen molar-refractivity contribution < 1.29 is 0 Å². The summed E-state index contributed by atoms with van der Waals surface area (Å²) in [6.07, 6.45) is 13.4. The van der Waals surface area contributed by atoms with Crippen molar-refractivity contribution >= 4 is 34.7 Å². The van der Waals surface area contributed by atoms with Crippen LogP contribution in [0, 0.1) is 0 Å². The lowest BCUT2D eigenvalue weighted by Gasteiger charge is -2.11. The largest absolute Gasteiger partial charge is 0.330 e. The van der Waals surface area contributed by atoms with Crippen LogP contribution in [0.2, 0.25) is 5.02 Å². The molecule has 4 aromatic rings. The van der Waals surface area contributed by atoms with Crippen LogP contribution in [0.4, 0.5) is 0 Å². The minimum absolute atomic E-state index is 0.541. The number of nitrogens with two attached hydrogens (primary N) is 1. The van der Waals surface area contributed by atoms with Gasteiger partial charge in [-0.25, -0.2) is 9.97 Å². The normalized spacial score (nSPS) is 11.5. The van der Waals surface area contributed by atoms with Crippen LogP contribution in [-0.4, -0.2) is 31.3 Å². The Bertz CT molecular complexity index is 1090. The number of halogens is 1. The molecule has 2 N–H and O–H groups in total. The molecule has 0 aliphatic heterocycles. The zero-order valence-corrected chi connectivity index (χ0v) is 15.2. The predicted molar refractivity (Wildman–Crippen MR) is 108 cm³/mol.